The highest BCUT2D eigenvalue weighted by atomic mass is 32.2. The largest absolute Gasteiger partial charge is 0.433 e. The van der Waals surface area contributed by atoms with Crippen LogP contribution in [0.15, 0.2) is 47.5 Å². The predicted molar refractivity (Wildman–Crippen MR) is 90.4 cm³/mol. The summed E-state index contributed by atoms with van der Waals surface area (Å²) >= 11 is 1.58. The van der Waals surface area contributed by atoms with E-state index in [1.165, 1.54) is 0 Å². The van der Waals surface area contributed by atoms with Gasteiger partial charge >= 0.3 is 6.18 Å². The van der Waals surface area contributed by atoms with Crippen LogP contribution in [0.1, 0.15) is 5.69 Å². The molecule has 0 aliphatic carbocycles. The third-order valence-electron chi connectivity index (χ3n) is 3.20. The van der Waals surface area contributed by atoms with E-state index in [-0.39, 0.29) is 5.95 Å². The van der Waals surface area contributed by atoms with Gasteiger partial charge < -0.3 is 15.7 Å². The number of aliphatic hydroxyl groups excluding tert-OH is 1. The molecule has 9 heteroatoms. The lowest BCUT2D eigenvalue weighted by atomic mass is 10.4. The third-order valence-corrected chi connectivity index (χ3v) is 4.36. The topological polar surface area (TPSA) is 74.7 Å². The van der Waals surface area contributed by atoms with E-state index in [0.717, 1.165) is 17.2 Å². The van der Waals surface area contributed by atoms with Gasteiger partial charge in [-0.2, -0.15) is 13.2 Å². The molecular weight excluding hydrogens is 353 g/mol. The smallest absolute Gasteiger partial charge is 0.386 e. The number of halogens is 3. The molecule has 25 heavy (non-hydrogen) atoms. The lowest BCUT2D eigenvalue weighted by Gasteiger charge is -2.10. The minimum atomic E-state index is -4.48. The van der Waals surface area contributed by atoms with Gasteiger partial charge in [-0.1, -0.05) is 18.2 Å². The molecule has 0 fully saturated rings. The van der Waals surface area contributed by atoms with Crippen molar-refractivity contribution in [2.75, 3.05) is 30.7 Å². The van der Waals surface area contributed by atoms with Crippen LogP contribution in [0.3, 0.4) is 0 Å². The Balaban J connectivity index is 1.61. The first-order valence-corrected chi connectivity index (χ1v) is 8.75. The van der Waals surface area contributed by atoms with Crippen LogP contribution in [0.5, 0.6) is 0 Å². The third kappa shape index (κ3) is 7.29. The van der Waals surface area contributed by atoms with Gasteiger partial charge in [0.25, 0.3) is 0 Å². The van der Waals surface area contributed by atoms with E-state index in [2.05, 4.69) is 15.3 Å². The first-order valence-electron chi connectivity index (χ1n) is 7.77. The zero-order valence-electron chi connectivity index (χ0n) is 13.4. The molecule has 0 saturated carbocycles. The Kier molecular flexibility index (Phi) is 7.48. The molecule has 0 radical (unpaired) electrons. The van der Waals surface area contributed by atoms with Crippen molar-refractivity contribution in [3.8, 4) is 0 Å². The Hall–Kier alpha value is -1.84. The Morgan fingerprint density at radius 1 is 1.20 bits per heavy atom. The average molecular weight is 373 g/mol. The fourth-order valence-electron chi connectivity index (χ4n) is 1.98. The number of aliphatic hydroxyl groups is 1. The quantitative estimate of drug-likeness (QED) is 0.460. The Morgan fingerprint density at radius 3 is 2.68 bits per heavy atom. The molecule has 5 nitrogen and oxygen atoms in total. The van der Waals surface area contributed by atoms with Crippen molar-refractivity contribution in [1.82, 2.24) is 9.97 Å². The molecular formula is C16H20F3N4OS+. The highest BCUT2D eigenvalue weighted by Crippen LogP contribution is 2.27. The van der Waals surface area contributed by atoms with E-state index in [1.54, 1.807) is 11.8 Å². The van der Waals surface area contributed by atoms with Gasteiger partial charge in [-0.3, -0.25) is 0 Å². The van der Waals surface area contributed by atoms with Crippen LogP contribution in [-0.2, 0) is 6.18 Å². The van der Waals surface area contributed by atoms with Gasteiger partial charge in [0, 0.05) is 16.8 Å². The summed E-state index contributed by atoms with van der Waals surface area (Å²) in [5.41, 5.74) is -0.970. The number of alkyl halides is 3. The second-order valence-corrected chi connectivity index (χ2v) is 6.37. The van der Waals surface area contributed by atoms with Gasteiger partial charge in [0.05, 0.1) is 13.1 Å². The normalized spacial score (nSPS) is 12.8. The Bertz CT molecular complexity index is 643. The van der Waals surface area contributed by atoms with Crippen LogP contribution in [0, 0.1) is 0 Å². The number of nitrogens with two attached hydrogens (primary N) is 1. The van der Waals surface area contributed by atoms with Crippen LogP contribution in [0.2, 0.25) is 0 Å². The fraction of sp³-hybridized carbons (Fsp3) is 0.375. The van der Waals surface area contributed by atoms with Gasteiger partial charge in [-0.25, -0.2) is 9.97 Å². The minimum Gasteiger partial charge on any atom is -0.386 e. The fourth-order valence-corrected chi connectivity index (χ4v) is 2.85. The van der Waals surface area contributed by atoms with Crippen LogP contribution >= 0.6 is 11.8 Å². The molecule has 4 N–H and O–H groups in total. The number of quaternary nitrogens is 1. The van der Waals surface area contributed by atoms with Crippen molar-refractivity contribution in [3.05, 3.63) is 48.3 Å². The molecule has 2 aromatic rings. The molecule has 2 rings (SSSR count). The number of benzene rings is 1. The van der Waals surface area contributed by atoms with Crippen molar-refractivity contribution >= 4 is 17.7 Å². The molecule has 1 aromatic heterocycles. The summed E-state index contributed by atoms with van der Waals surface area (Å²) in [6.07, 6.45) is -3.87. The number of hydrogen-bond donors (Lipinski definition) is 3. The Labute approximate surface area is 148 Å². The number of nitrogens with zero attached hydrogens (tertiary/aromatic N) is 2. The molecule has 0 amide bonds. The lowest BCUT2D eigenvalue weighted by molar-refractivity contribution is -0.657. The van der Waals surface area contributed by atoms with E-state index in [1.807, 2.05) is 35.6 Å². The standard InChI is InChI=1S/C16H19F3N4OS/c17-16(18,19)14-6-7-21-15(23-14)22-9-8-20-10-12(24)11-25-13-4-2-1-3-5-13/h1-7,12,20,24H,8-11H2,(H,21,22,23)/p+1/t12-/m1/s1. The summed E-state index contributed by atoms with van der Waals surface area (Å²) in [6, 6.07) is 10.6. The molecule has 0 saturated heterocycles. The molecule has 1 aromatic carbocycles. The highest BCUT2D eigenvalue weighted by Gasteiger charge is 2.32. The van der Waals surface area contributed by atoms with E-state index < -0.39 is 18.0 Å². The van der Waals surface area contributed by atoms with Gasteiger partial charge in [0.2, 0.25) is 5.95 Å². The SMILES string of the molecule is O[C@H](C[NH2+]CCNc1nccc(C(F)(F)F)n1)CSc1ccccc1. The van der Waals surface area contributed by atoms with Gasteiger partial charge in [0.1, 0.15) is 18.3 Å². The highest BCUT2D eigenvalue weighted by molar-refractivity contribution is 7.99. The van der Waals surface area contributed by atoms with E-state index in [0.29, 0.717) is 25.4 Å². The van der Waals surface area contributed by atoms with Gasteiger partial charge in [-0.15, -0.1) is 11.8 Å². The first-order chi connectivity index (χ1) is 11.9. The molecule has 136 valence electrons. The van der Waals surface area contributed by atoms with Crippen LogP contribution in [0.25, 0.3) is 0 Å². The van der Waals surface area contributed by atoms with Gasteiger partial charge in [-0.05, 0) is 18.2 Å². The summed E-state index contributed by atoms with van der Waals surface area (Å²) in [5, 5.41) is 14.6. The maximum atomic E-state index is 12.5. The number of rotatable bonds is 9. The molecule has 0 aliphatic rings. The molecule has 1 atom stereocenters. The molecule has 1 heterocycles. The minimum absolute atomic E-state index is 0.0524. The summed E-state index contributed by atoms with van der Waals surface area (Å²) in [6.45, 7) is 1.51. The zero-order chi connectivity index (χ0) is 18.1. The second kappa shape index (κ2) is 9.59. The summed E-state index contributed by atoms with van der Waals surface area (Å²) < 4.78 is 37.6. The average Bonchev–Trinajstić information content (AvgIpc) is 2.60. The van der Waals surface area contributed by atoms with E-state index in [9.17, 15) is 18.3 Å². The summed E-state index contributed by atoms with van der Waals surface area (Å²) in [7, 11) is 0. The zero-order valence-corrected chi connectivity index (χ0v) is 14.2. The molecule has 0 aliphatic heterocycles. The maximum Gasteiger partial charge on any atom is 0.433 e. The summed E-state index contributed by atoms with van der Waals surface area (Å²) in [4.78, 5) is 8.29. The van der Waals surface area contributed by atoms with E-state index in [4.69, 9.17) is 0 Å². The number of hydrogen-bond acceptors (Lipinski definition) is 5. The number of nitrogens with one attached hydrogen (secondary N) is 1. The maximum absolute atomic E-state index is 12.5. The van der Waals surface area contributed by atoms with E-state index >= 15 is 0 Å². The van der Waals surface area contributed by atoms with Gasteiger partial charge in [0.15, 0.2) is 0 Å². The van der Waals surface area contributed by atoms with Crippen LogP contribution in [-0.4, -0.2) is 46.6 Å². The van der Waals surface area contributed by atoms with Crippen molar-refractivity contribution in [2.24, 2.45) is 0 Å². The second-order valence-electron chi connectivity index (χ2n) is 5.28. The Morgan fingerprint density at radius 2 is 1.96 bits per heavy atom. The lowest BCUT2D eigenvalue weighted by Crippen LogP contribution is -2.87. The number of anilines is 1. The van der Waals surface area contributed by atoms with Crippen molar-refractivity contribution in [1.29, 1.82) is 0 Å². The molecule has 0 bridgehead atoms. The summed E-state index contributed by atoms with van der Waals surface area (Å²) in [5.74, 6) is 0.536. The number of thioether (sulfide) groups is 1. The van der Waals surface area contributed by atoms with Crippen LogP contribution in [0.4, 0.5) is 19.1 Å². The first kappa shape index (κ1) is 19.5. The number of aromatic nitrogens is 2. The predicted octanol–water partition coefficient (Wildman–Crippen LogP) is 1.62. The van der Waals surface area contributed by atoms with Crippen LogP contribution < -0.4 is 10.6 Å². The monoisotopic (exact) mass is 373 g/mol. The molecule has 0 unspecified atom stereocenters. The van der Waals surface area contributed by atoms with Crippen molar-refractivity contribution in [3.63, 3.8) is 0 Å². The molecule has 0 spiro atoms. The van der Waals surface area contributed by atoms with Crippen molar-refractivity contribution in [2.45, 2.75) is 17.2 Å². The van der Waals surface area contributed by atoms with Crippen molar-refractivity contribution < 1.29 is 23.6 Å².